The largest absolute Gasteiger partial charge is 0.477 e. The molecular weight excluding hydrogens is 234 g/mol. The normalized spacial score (nSPS) is 10.0. The number of nitrogens with one attached hydrogen (secondary N) is 1. The van der Waals surface area contributed by atoms with Crippen LogP contribution in [0, 0.1) is 0 Å². The highest BCUT2D eigenvalue weighted by atomic mass is 16.4. The maximum atomic E-state index is 10.8. The summed E-state index contributed by atoms with van der Waals surface area (Å²) in [5.41, 5.74) is 6.72. The van der Waals surface area contributed by atoms with Gasteiger partial charge in [-0.3, -0.25) is 0 Å². The molecule has 0 aliphatic heterocycles. The van der Waals surface area contributed by atoms with Gasteiger partial charge in [-0.05, 0) is 24.3 Å². The van der Waals surface area contributed by atoms with Crippen LogP contribution >= 0.6 is 0 Å². The van der Waals surface area contributed by atoms with Crippen LogP contribution in [0.4, 0.5) is 11.5 Å². The third kappa shape index (κ3) is 2.70. The molecule has 0 fully saturated rings. The molecule has 18 heavy (non-hydrogen) atoms. The summed E-state index contributed by atoms with van der Waals surface area (Å²) in [4.78, 5) is 14.7. The van der Waals surface area contributed by atoms with E-state index >= 15 is 0 Å². The van der Waals surface area contributed by atoms with Crippen LogP contribution in [0.25, 0.3) is 0 Å². The molecule has 0 aromatic carbocycles. The van der Waals surface area contributed by atoms with Crippen LogP contribution in [-0.4, -0.2) is 26.3 Å². The highest BCUT2D eigenvalue weighted by molar-refractivity contribution is 5.86. The third-order valence-corrected chi connectivity index (χ3v) is 2.21. The van der Waals surface area contributed by atoms with Crippen molar-refractivity contribution in [3.8, 4) is 0 Å². The summed E-state index contributed by atoms with van der Waals surface area (Å²) in [5, 5.41) is 19.4. The van der Waals surface area contributed by atoms with Crippen molar-refractivity contribution in [1.29, 1.82) is 0 Å². The van der Waals surface area contributed by atoms with Gasteiger partial charge in [-0.15, -0.1) is 0 Å². The summed E-state index contributed by atoms with van der Waals surface area (Å²) in [6.07, 6.45) is 1.57. The Balaban J connectivity index is 2.14. The van der Waals surface area contributed by atoms with Gasteiger partial charge in [-0.1, -0.05) is 0 Å². The van der Waals surface area contributed by atoms with Crippen molar-refractivity contribution in [1.82, 2.24) is 15.2 Å². The minimum absolute atomic E-state index is 0.0640. The first-order valence-electron chi connectivity index (χ1n) is 5.17. The van der Waals surface area contributed by atoms with Crippen molar-refractivity contribution < 1.29 is 9.90 Å². The summed E-state index contributed by atoms with van der Waals surface area (Å²) in [6.45, 7) is 0.369. The van der Waals surface area contributed by atoms with E-state index in [1.807, 2.05) is 0 Å². The Morgan fingerprint density at radius 2 is 2.22 bits per heavy atom. The molecule has 0 aliphatic rings. The second-order valence-corrected chi connectivity index (χ2v) is 3.51. The van der Waals surface area contributed by atoms with Gasteiger partial charge in [0.2, 0.25) is 0 Å². The highest BCUT2D eigenvalue weighted by Crippen LogP contribution is 2.16. The molecule has 0 aliphatic carbocycles. The van der Waals surface area contributed by atoms with Crippen LogP contribution in [0.2, 0.25) is 0 Å². The average molecular weight is 245 g/mol. The lowest BCUT2D eigenvalue weighted by molar-refractivity contribution is 0.0690. The summed E-state index contributed by atoms with van der Waals surface area (Å²) >= 11 is 0. The summed E-state index contributed by atoms with van der Waals surface area (Å²) in [5.74, 6) is -0.780. The zero-order chi connectivity index (χ0) is 13.0. The van der Waals surface area contributed by atoms with Crippen LogP contribution in [0.3, 0.4) is 0 Å². The molecule has 0 unspecified atom stereocenters. The molecule has 92 valence electrons. The number of rotatable bonds is 4. The number of nitrogen functional groups attached to an aromatic ring is 1. The van der Waals surface area contributed by atoms with Gasteiger partial charge < -0.3 is 16.2 Å². The molecule has 0 saturated heterocycles. The van der Waals surface area contributed by atoms with Crippen LogP contribution in [0.1, 0.15) is 16.2 Å². The SMILES string of the molecule is Nc1ccc(C(=O)O)nc1NCc1cccnn1. The lowest BCUT2D eigenvalue weighted by atomic mass is 10.3. The molecular formula is C11H11N5O2. The van der Waals surface area contributed by atoms with Gasteiger partial charge in [0.25, 0.3) is 0 Å². The van der Waals surface area contributed by atoms with Gasteiger partial charge in [-0.25, -0.2) is 9.78 Å². The fraction of sp³-hybridized carbons (Fsp3) is 0.0909. The molecule has 7 nitrogen and oxygen atoms in total. The number of carboxylic acid groups (broad SMARTS) is 1. The molecule has 0 radical (unpaired) electrons. The van der Waals surface area contributed by atoms with Crippen molar-refractivity contribution in [3.63, 3.8) is 0 Å². The van der Waals surface area contributed by atoms with E-state index in [1.165, 1.54) is 12.1 Å². The van der Waals surface area contributed by atoms with E-state index in [-0.39, 0.29) is 5.69 Å². The molecule has 2 rings (SSSR count). The Morgan fingerprint density at radius 3 is 2.89 bits per heavy atom. The topological polar surface area (TPSA) is 114 Å². The van der Waals surface area contributed by atoms with Crippen LogP contribution < -0.4 is 11.1 Å². The van der Waals surface area contributed by atoms with Gasteiger partial charge in [0, 0.05) is 6.20 Å². The van der Waals surface area contributed by atoms with E-state index in [9.17, 15) is 4.79 Å². The molecule has 2 aromatic rings. The standard InChI is InChI=1S/C11H11N5O2/c12-8-3-4-9(11(17)18)15-10(8)13-6-7-2-1-5-14-16-7/h1-5H,6,12H2,(H,13,15)(H,17,18). The molecule has 2 aromatic heterocycles. The number of hydrogen-bond donors (Lipinski definition) is 3. The van der Waals surface area contributed by atoms with E-state index in [0.717, 1.165) is 0 Å². The Labute approximate surface area is 103 Å². The predicted octanol–water partition coefficient (Wildman–Crippen LogP) is 0.764. The molecule has 0 atom stereocenters. The number of carbonyl (C=O) groups is 1. The van der Waals surface area contributed by atoms with Gasteiger partial charge in [0.05, 0.1) is 17.9 Å². The Morgan fingerprint density at radius 1 is 1.39 bits per heavy atom. The van der Waals surface area contributed by atoms with Crippen molar-refractivity contribution in [2.75, 3.05) is 11.1 Å². The van der Waals surface area contributed by atoms with E-state index < -0.39 is 5.97 Å². The first-order chi connectivity index (χ1) is 8.66. The summed E-state index contributed by atoms with van der Waals surface area (Å²) in [6, 6.07) is 6.40. The fourth-order valence-electron chi connectivity index (χ4n) is 1.33. The number of aromatic carboxylic acids is 1. The first kappa shape index (κ1) is 11.8. The quantitative estimate of drug-likeness (QED) is 0.728. The van der Waals surface area contributed by atoms with Gasteiger partial charge in [0.1, 0.15) is 0 Å². The van der Waals surface area contributed by atoms with Crippen molar-refractivity contribution in [3.05, 3.63) is 41.9 Å². The molecule has 7 heteroatoms. The number of pyridine rings is 1. The third-order valence-electron chi connectivity index (χ3n) is 2.21. The average Bonchev–Trinajstić information content (AvgIpc) is 2.38. The van der Waals surface area contributed by atoms with E-state index in [0.29, 0.717) is 23.7 Å². The minimum atomic E-state index is -1.10. The number of anilines is 2. The second kappa shape index (κ2) is 5.09. The smallest absolute Gasteiger partial charge is 0.354 e. The summed E-state index contributed by atoms with van der Waals surface area (Å²) in [7, 11) is 0. The number of nitrogens with two attached hydrogens (primary N) is 1. The molecule has 0 saturated carbocycles. The molecule has 4 N–H and O–H groups in total. The summed E-state index contributed by atoms with van der Waals surface area (Å²) < 4.78 is 0. The zero-order valence-corrected chi connectivity index (χ0v) is 9.37. The van der Waals surface area contributed by atoms with Gasteiger partial charge in [-0.2, -0.15) is 10.2 Å². The van der Waals surface area contributed by atoms with E-state index in [2.05, 4.69) is 20.5 Å². The van der Waals surface area contributed by atoms with E-state index in [1.54, 1.807) is 18.3 Å². The maximum absolute atomic E-state index is 10.8. The van der Waals surface area contributed by atoms with Crippen LogP contribution in [0.5, 0.6) is 0 Å². The lowest BCUT2D eigenvalue weighted by Crippen LogP contribution is -2.09. The van der Waals surface area contributed by atoms with Crippen LogP contribution in [0.15, 0.2) is 30.5 Å². The highest BCUT2D eigenvalue weighted by Gasteiger charge is 2.08. The minimum Gasteiger partial charge on any atom is -0.477 e. The van der Waals surface area contributed by atoms with Crippen LogP contribution in [-0.2, 0) is 6.54 Å². The molecule has 0 spiro atoms. The molecule has 2 heterocycles. The van der Waals surface area contributed by atoms with Crippen molar-refractivity contribution in [2.45, 2.75) is 6.54 Å². The number of hydrogen-bond acceptors (Lipinski definition) is 6. The Hall–Kier alpha value is -2.70. The fourth-order valence-corrected chi connectivity index (χ4v) is 1.33. The van der Waals surface area contributed by atoms with Gasteiger partial charge >= 0.3 is 5.97 Å². The van der Waals surface area contributed by atoms with Crippen molar-refractivity contribution >= 4 is 17.5 Å². The number of nitrogens with zero attached hydrogens (tertiary/aromatic N) is 3. The van der Waals surface area contributed by atoms with Gasteiger partial charge in [0.15, 0.2) is 11.5 Å². The second-order valence-electron chi connectivity index (χ2n) is 3.51. The first-order valence-corrected chi connectivity index (χ1v) is 5.17. The monoisotopic (exact) mass is 245 g/mol. The predicted molar refractivity (Wildman–Crippen MR) is 65.0 cm³/mol. The Kier molecular flexibility index (Phi) is 3.33. The van der Waals surface area contributed by atoms with Crippen molar-refractivity contribution in [2.24, 2.45) is 0 Å². The maximum Gasteiger partial charge on any atom is 0.354 e. The lowest BCUT2D eigenvalue weighted by Gasteiger charge is -2.08. The number of carboxylic acids is 1. The molecule has 0 amide bonds. The van der Waals surface area contributed by atoms with E-state index in [4.69, 9.17) is 10.8 Å². The molecule has 0 bridgehead atoms. The Bertz CT molecular complexity index is 559. The zero-order valence-electron chi connectivity index (χ0n) is 9.37. The number of aromatic nitrogens is 3.